The summed E-state index contributed by atoms with van der Waals surface area (Å²) in [6, 6.07) is 13.5. The molecule has 3 heteroatoms. The van der Waals surface area contributed by atoms with Crippen LogP contribution in [0.1, 0.15) is 5.56 Å². The Morgan fingerprint density at radius 1 is 1.12 bits per heavy atom. The summed E-state index contributed by atoms with van der Waals surface area (Å²) in [6.07, 6.45) is 3.74. The van der Waals surface area contributed by atoms with Crippen molar-refractivity contribution in [2.24, 2.45) is 0 Å². The normalized spacial score (nSPS) is 9.94. The molecule has 0 bridgehead atoms. The number of amides is 1. The molecule has 2 aromatic rings. The highest BCUT2D eigenvalue weighted by Gasteiger charge is 2.09. The number of aryl methyl sites for hydroxylation is 1. The standard InChI is InChI=1S/C14H14N2O/c1-12-7-3-4-8-13(12)15-14(17)11-16-9-5-2-6-10-16/h2-10H,11H2,1H3/p+1. The summed E-state index contributed by atoms with van der Waals surface area (Å²) in [5.41, 5.74) is 1.94. The van der Waals surface area contributed by atoms with Crippen LogP contribution in [0.15, 0.2) is 54.9 Å². The van der Waals surface area contributed by atoms with Crippen molar-refractivity contribution >= 4 is 11.6 Å². The first-order valence-corrected chi connectivity index (χ1v) is 5.55. The summed E-state index contributed by atoms with van der Waals surface area (Å²) in [5.74, 6) is -0.0181. The maximum absolute atomic E-state index is 11.8. The van der Waals surface area contributed by atoms with E-state index in [4.69, 9.17) is 0 Å². The van der Waals surface area contributed by atoms with Crippen molar-refractivity contribution < 1.29 is 9.36 Å². The summed E-state index contributed by atoms with van der Waals surface area (Å²) < 4.78 is 1.84. The molecule has 1 N–H and O–H groups in total. The van der Waals surface area contributed by atoms with Gasteiger partial charge in [0.2, 0.25) is 6.54 Å². The van der Waals surface area contributed by atoms with Gasteiger partial charge in [-0.25, -0.2) is 0 Å². The van der Waals surface area contributed by atoms with Gasteiger partial charge < -0.3 is 5.32 Å². The van der Waals surface area contributed by atoms with Crippen LogP contribution in [0.2, 0.25) is 0 Å². The molecule has 2 rings (SSSR count). The minimum absolute atomic E-state index is 0.0181. The maximum atomic E-state index is 11.8. The van der Waals surface area contributed by atoms with Crippen molar-refractivity contribution in [1.82, 2.24) is 0 Å². The fourth-order valence-electron chi connectivity index (χ4n) is 1.61. The van der Waals surface area contributed by atoms with E-state index in [9.17, 15) is 4.79 Å². The minimum Gasteiger partial charge on any atom is -0.320 e. The number of hydrogen-bond acceptors (Lipinski definition) is 1. The van der Waals surface area contributed by atoms with Crippen molar-refractivity contribution in [2.75, 3.05) is 5.32 Å². The smallest absolute Gasteiger partial charge is 0.290 e. The molecule has 86 valence electrons. The molecule has 0 aliphatic carbocycles. The van der Waals surface area contributed by atoms with Gasteiger partial charge in [-0.05, 0) is 18.6 Å². The van der Waals surface area contributed by atoms with E-state index in [0.717, 1.165) is 11.3 Å². The maximum Gasteiger partial charge on any atom is 0.290 e. The van der Waals surface area contributed by atoms with Gasteiger partial charge in [-0.1, -0.05) is 24.3 Å². The van der Waals surface area contributed by atoms with E-state index in [-0.39, 0.29) is 5.91 Å². The second-order valence-electron chi connectivity index (χ2n) is 3.91. The van der Waals surface area contributed by atoms with Gasteiger partial charge in [-0.15, -0.1) is 0 Å². The van der Waals surface area contributed by atoms with E-state index in [1.807, 2.05) is 66.3 Å². The zero-order valence-electron chi connectivity index (χ0n) is 9.76. The Bertz CT molecular complexity index is 509. The zero-order valence-corrected chi connectivity index (χ0v) is 9.76. The molecule has 0 spiro atoms. The number of aromatic nitrogens is 1. The lowest BCUT2D eigenvalue weighted by atomic mass is 10.2. The molecule has 1 aromatic heterocycles. The Labute approximate surface area is 101 Å². The predicted molar refractivity (Wildman–Crippen MR) is 66.4 cm³/mol. The Balaban J connectivity index is 2.01. The van der Waals surface area contributed by atoms with Crippen LogP contribution < -0.4 is 9.88 Å². The van der Waals surface area contributed by atoms with Gasteiger partial charge >= 0.3 is 0 Å². The molecule has 1 aromatic carbocycles. The number of anilines is 1. The van der Waals surface area contributed by atoms with Crippen LogP contribution in [0.25, 0.3) is 0 Å². The molecule has 1 heterocycles. The number of pyridine rings is 1. The van der Waals surface area contributed by atoms with E-state index >= 15 is 0 Å². The Hall–Kier alpha value is -2.16. The molecule has 0 radical (unpaired) electrons. The number of benzene rings is 1. The third-order valence-corrected chi connectivity index (χ3v) is 2.52. The lowest BCUT2D eigenvalue weighted by Crippen LogP contribution is -2.39. The number of carbonyl (C=O) groups is 1. The summed E-state index contributed by atoms with van der Waals surface area (Å²) in [4.78, 5) is 11.8. The quantitative estimate of drug-likeness (QED) is 0.798. The number of hydrogen-bond donors (Lipinski definition) is 1. The van der Waals surface area contributed by atoms with E-state index in [1.54, 1.807) is 0 Å². The fraction of sp³-hybridized carbons (Fsp3) is 0.143. The van der Waals surface area contributed by atoms with Crippen molar-refractivity contribution in [3.63, 3.8) is 0 Å². The Morgan fingerprint density at radius 3 is 2.53 bits per heavy atom. The highest BCUT2D eigenvalue weighted by molar-refractivity contribution is 5.90. The predicted octanol–water partition coefficient (Wildman–Crippen LogP) is 1.92. The van der Waals surface area contributed by atoms with Crippen LogP contribution in [0.5, 0.6) is 0 Å². The molecule has 3 nitrogen and oxygen atoms in total. The van der Waals surface area contributed by atoms with Gasteiger partial charge in [0.15, 0.2) is 12.4 Å². The molecular weight excluding hydrogens is 212 g/mol. The van der Waals surface area contributed by atoms with E-state index in [1.165, 1.54) is 0 Å². The summed E-state index contributed by atoms with van der Waals surface area (Å²) in [7, 11) is 0. The largest absolute Gasteiger partial charge is 0.320 e. The van der Waals surface area contributed by atoms with Crippen molar-refractivity contribution in [3.05, 3.63) is 60.4 Å². The fourth-order valence-corrected chi connectivity index (χ4v) is 1.61. The first-order chi connectivity index (χ1) is 8.25. The molecule has 0 saturated heterocycles. The molecule has 0 aliphatic heterocycles. The Kier molecular flexibility index (Phi) is 3.50. The molecule has 0 saturated carbocycles. The summed E-state index contributed by atoms with van der Waals surface area (Å²) in [5, 5.41) is 2.90. The van der Waals surface area contributed by atoms with Crippen LogP contribution in [0.3, 0.4) is 0 Å². The molecule has 0 atom stereocenters. The monoisotopic (exact) mass is 227 g/mol. The number of nitrogens with one attached hydrogen (secondary N) is 1. The molecule has 0 fully saturated rings. The summed E-state index contributed by atoms with van der Waals surface area (Å²) >= 11 is 0. The van der Waals surface area contributed by atoms with Crippen LogP contribution in [-0.2, 0) is 11.3 Å². The third kappa shape index (κ3) is 3.14. The second-order valence-corrected chi connectivity index (χ2v) is 3.91. The van der Waals surface area contributed by atoms with Crippen molar-refractivity contribution in [1.29, 1.82) is 0 Å². The lowest BCUT2D eigenvalue weighted by molar-refractivity contribution is -0.684. The van der Waals surface area contributed by atoms with E-state index in [2.05, 4.69) is 5.32 Å². The van der Waals surface area contributed by atoms with Gasteiger partial charge in [0.05, 0.1) is 0 Å². The lowest BCUT2D eigenvalue weighted by Gasteiger charge is -2.05. The van der Waals surface area contributed by atoms with Crippen LogP contribution >= 0.6 is 0 Å². The van der Waals surface area contributed by atoms with Gasteiger partial charge in [0.25, 0.3) is 5.91 Å². The highest BCUT2D eigenvalue weighted by Crippen LogP contribution is 2.12. The van der Waals surface area contributed by atoms with E-state index < -0.39 is 0 Å². The summed E-state index contributed by atoms with van der Waals surface area (Å²) in [6.45, 7) is 2.31. The van der Waals surface area contributed by atoms with Crippen molar-refractivity contribution in [2.45, 2.75) is 13.5 Å². The molecule has 0 unspecified atom stereocenters. The minimum atomic E-state index is -0.0181. The van der Waals surface area contributed by atoms with E-state index in [0.29, 0.717) is 6.54 Å². The third-order valence-electron chi connectivity index (χ3n) is 2.52. The first kappa shape index (κ1) is 11.3. The van der Waals surface area contributed by atoms with Gasteiger partial charge in [0, 0.05) is 17.8 Å². The molecule has 0 aliphatic rings. The number of nitrogens with zero attached hydrogens (tertiary/aromatic N) is 1. The second kappa shape index (κ2) is 5.25. The van der Waals surface area contributed by atoms with Crippen molar-refractivity contribution in [3.8, 4) is 0 Å². The molecular formula is C14H15N2O+. The average molecular weight is 227 g/mol. The number of para-hydroxylation sites is 1. The number of carbonyl (C=O) groups excluding carboxylic acids is 1. The molecule has 1 amide bonds. The van der Waals surface area contributed by atoms with Gasteiger partial charge in [-0.2, -0.15) is 4.57 Å². The number of rotatable bonds is 3. The van der Waals surface area contributed by atoms with Crippen LogP contribution in [0.4, 0.5) is 5.69 Å². The highest BCUT2D eigenvalue weighted by atomic mass is 16.1. The van der Waals surface area contributed by atoms with Crippen LogP contribution in [-0.4, -0.2) is 5.91 Å². The SMILES string of the molecule is Cc1ccccc1NC(=O)C[n+]1ccccc1. The average Bonchev–Trinajstić information content (AvgIpc) is 2.33. The van der Waals surface area contributed by atoms with Crippen LogP contribution in [0, 0.1) is 6.92 Å². The van der Waals surface area contributed by atoms with Gasteiger partial charge in [0.1, 0.15) is 0 Å². The topological polar surface area (TPSA) is 33.0 Å². The molecule has 17 heavy (non-hydrogen) atoms. The first-order valence-electron chi connectivity index (χ1n) is 5.55. The Morgan fingerprint density at radius 2 is 1.82 bits per heavy atom. The van der Waals surface area contributed by atoms with Gasteiger partial charge in [-0.3, -0.25) is 4.79 Å². The zero-order chi connectivity index (χ0) is 12.1.